The maximum Gasteiger partial charge on any atom is 0.352 e. The van der Waals surface area contributed by atoms with Crippen LogP contribution in [0.15, 0.2) is 60.7 Å². The average Bonchev–Trinajstić information content (AvgIpc) is 3.48. The largest absolute Gasteiger partial charge is 0.493 e. The Hall–Kier alpha value is -4.63. The Labute approximate surface area is 256 Å². The highest BCUT2D eigenvalue weighted by Crippen LogP contribution is 2.39. The Kier molecular flexibility index (Phi) is 8.39. The van der Waals surface area contributed by atoms with Crippen molar-refractivity contribution in [3.63, 3.8) is 0 Å². The third-order valence-corrected chi connectivity index (χ3v) is 8.56. The number of nitrogens with zero attached hydrogens (tertiary/aromatic N) is 4. The number of fused-ring (bicyclic) bond motifs is 3. The third-order valence-electron chi connectivity index (χ3n) is 8.56. The fourth-order valence-corrected chi connectivity index (χ4v) is 6.34. The monoisotopic (exact) mass is 594 g/mol. The highest BCUT2D eigenvalue weighted by Gasteiger charge is 2.28. The van der Waals surface area contributed by atoms with Crippen LogP contribution in [0.4, 0.5) is 0 Å². The van der Waals surface area contributed by atoms with Crippen LogP contribution in [-0.2, 0) is 42.7 Å². The van der Waals surface area contributed by atoms with E-state index in [0.717, 1.165) is 68.3 Å². The molecule has 0 bridgehead atoms. The van der Waals surface area contributed by atoms with Crippen molar-refractivity contribution < 1.29 is 24.2 Å². The standard InChI is InChI=1S/C35H38N4O5/c1-23(40)37(2)21-29-32-28-15-9-14-26-27(16-10-20-44-31-17-8-12-24-11-4-5-13-25(24)31)34(35(41)42)39(33(26)28)18-6-7-19-43-22-30(32)38(3)36-29/h4-5,8-9,11-15,17H,6-7,10,16,18-22H2,1-3H3,(H,41,42). The van der Waals surface area contributed by atoms with E-state index in [4.69, 9.17) is 14.6 Å². The molecule has 2 aromatic heterocycles. The van der Waals surface area contributed by atoms with Gasteiger partial charge in [-0.15, -0.1) is 0 Å². The van der Waals surface area contributed by atoms with E-state index in [1.165, 1.54) is 6.92 Å². The second kappa shape index (κ2) is 12.5. The van der Waals surface area contributed by atoms with E-state index in [1.807, 2.05) is 58.8 Å². The van der Waals surface area contributed by atoms with Gasteiger partial charge in [-0.3, -0.25) is 9.48 Å². The van der Waals surface area contributed by atoms with Gasteiger partial charge in [-0.2, -0.15) is 5.10 Å². The van der Waals surface area contributed by atoms with E-state index in [0.29, 0.717) is 51.4 Å². The molecule has 1 amide bonds. The fraction of sp³-hybridized carbons (Fsp3) is 0.343. The molecule has 9 heteroatoms. The number of carbonyl (C=O) groups is 2. The zero-order chi connectivity index (χ0) is 30.8. The number of benzene rings is 3. The van der Waals surface area contributed by atoms with E-state index in [-0.39, 0.29) is 5.91 Å². The van der Waals surface area contributed by atoms with Gasteiger partial charge in [0.1, 0.15) is 11.4 Å². The van der Waals surface area contributed by atoms with Crippen LogP contribution < -0.4 is 4.74 Å². The predicted octanol–water partition coefficient (Wildman–Crippen LogP) is 6.19. The second-order valence-electron chi connectivity index (χ2n) is 11.4. The molecule has 6 rings (SSSR count). The van der Waals surface area contributed by atoms with Gasteiger partial charge in [0.25, 0.3) is 0 Å². The summed E-state index contributed by atoms with van der Waals surface area (Å²) in [6, 6.07) is 20.2. The minimum atomic E-state index is -0.939. The number of aromatic carboxylic acids is 1. The Bertz CT molecular complexity index is 1850. The van der Waals surface area contributed by atoms with Crippen molar-refractivity contribution in [2.75, 3.05) is 20.3 Å². The average molecular weight is 595 g/mol. The lowest BCUT2D eigenvalue weighted by molar-refractivity contribution is -0.128. The molecule has 3 aromatic carbocycles. The van der Waals surface area contributed by atoms with Gasteiger partial charge < -0.3 is 24.0 Å². The second-order valence-corrected chi connectivity index (χ2v) is 11.4. The van der Waals surface area contributed by atoms with Gasteiger partial charge in [0.05, 0.1) is 36.7 Å². The molecule has 0 spiro atoms. The summed E-state index contributed by atoms with van der Waals surface area (Å²) < 4.78 is 16.1. The molecule has 0 radical (unpaired) electrons. The molecule has 0 fully saturated rings. The van der Waals surface area contributed by atoms with Gasteiger partial charge in [-0.05, 0) is 42.7 Å². The van der Waals surface area contributed by atoms with Crippen LogP contribution >= 0.6 is 0 Å². The quantitative estimate of drug-likeness (QED) is 0.215. The summed E-state index contributed by atoms with van der Waals surface area (Å²) in [6.45, 7) is 3.84. The van der Waals surface area contributed by atoms with Crippen LogP contribution in [0.25, 0.3) is 32.8 Å². The number of hydrogen-bond acceptors (Lipinski definition) is 5. The SMILES string of the molecule is CC(=O)N(C)Cc1nn(C)c2c1-c1cccc3c(CCCOc4cccc5ccccc45)c(C(=O)O)n(c13)CCCCOC2. The van der Waals surface area contributed by atoms with E-state index >= 15 is 0 Å². The Morgan fingerprint density at radius 3 is 2.64 bits per heavy atom. The Morgan fingerprint density at radius 1 is 1.05 bits per heavy atom. The van der Waals surface area contributed by atoms with Gasteiger partial charge >= 0.3 is 5.97 Å². The summed E-state index contributed by atoms with van der Waals surface area (Å²) in [5.41, 5.74) is 5.49. The van der Waals surface area contributed by atoms with Crippen LogP contribution in [0.2, 0.25) is 0 Å². The number of carboxylic acids is 1. The smallest absolute Gasteiger partial charge is 0.352 e. The van der Waals surface area contributed by atoms with Crippen molar-refractivity contribution in [3.05, 3.63) is 83.3 Å². The molecule has 1 aliphatic heterocycles. The molecular formula is C35H38N4O5. The number of para-hydroxylation sites is 1. The number of carboxylic acid groups (broad SMARTS) is 1. The Balaban J connectivity index is 1.42. The van der Waals surface area contributed by atoms with E-state index in [1.54, 1.807) is 11.9 Å². The molecule has 0 aliphatic carbocycles. The maximum atomic E-state index is 12.9. The van der Waals surface area contributed by atoms with Gasteiger partial charge in [0.2, 0.25) is 5.91 Å². The lowest BCUT2D eigenvalue weighted by Gasteiger charge is -2.16. The summed E-state index contributed by atoms with van der Waals surface area (Å²) in [5, 5.41) is 18.5. The van der Waals surface area contributed by atoms with Crippen LogP contribution in [0.3, 0.4) is 0 Å². The summed E-state index contributed by atoms with van der Waals surface area (Å²) in [4.78, 5) is 26.7. The molecule has 1 N–H and O–H groups in total. The third kappa shape index (κ3) is 5.55. The maximum absolute atomic E-state index is 12.9. The normalized spacial score (nSPS) is 13.4. The molecule has 5 aromatic rings. The molecule has 1 aliphatic rings. The van der Waals surface area contributed by atoms with Crippen molar-refractivity contribution in [1.82, 2.24) is 19.2 Å². The molecule has 0 saturated heterocycles. The first-order valence-electron chi connectivity index (χ1n) is 15.2. The highest BCUT2D eigenvalue weighted by atomic mass is 16.5. The first-order valence-corrected chi connectivity index (χ1v) is 15.2. The van der Waals surface area contributed by atoms with Crippen molar-refractivity contribution >= 4 is 33.6 Å². The molecule has 3 heterocycles. The van der Waals surface area contributed by atoms with Crippen LogP contribution in [0, 0.1) is 0 Å². The first kappa shape index (κ1) is 29.4. The summed E-state index contributed by atoms with van der Waals surface area (Å²) in [7, 11) is 3.65. The topological polar surface area (TPSA) is 98.8 Å². The van der Waals surface area contributed by atoms with Gasteiger partial charge in [-0.25, -0.2) is 4.79 Å². The first-order chi connectivity index (χ1) is 21.3. The summed E-state index contributed by atoms with van der Waals surface area (Å²) >= 11 is 0. The van der Waals surface area contributed by atoms with Gasteiger partial charge in [-0.1, -0.05) is 54.6 Å². The minimum absolute atomic E-state index is 0.0555. The molecule has 0 atom stereocenters. The molecule has 44 heavy (non-hydrogen) atoms. The lowest BCUT2D eigenvalue weighted by atomic mass is 9.97. The molecule has 0 saturated carbocycles. The summed E-state index contributed by atoms with van der Waals surface area (Å²) in [6.07, 6.45) is 2.81. The number of amides is 1. The number of carbonyl (C=O) groups excluding carboxylic acids is 1. The number of rotatable bonds is 8. The van der Waals surface area contributed by atoms with Crippen LogP contribution in [-0.4, -0.2) is 56.5 Å². The van der Waals surface area contributed by atoms with Gasteiger partial charge in [0, 0.05) is 56.1 Å². The number of ether oxygens (including phenoxy) is 2. The van der Waals surface area contributed by atoms with Gasteiger partial charge in [0.15, 0.2) is 0 Å². The van der Waals surface area contributed by atoms with E-state index < -0.39 is 5.97 Å². The zero-order valence-electron chi connectivity index (χ0n) is 25.5. The number of aromatic nitrogens is 3. The fourth-order valence-electron chi connectivity index (χ4n) is 6.34. The number of hydrogen-bond donors (Lipinski definition) is 1. The zero-order valence-corrected chi connectivity index (χ0v) is 25.5. The highest BCUT2D eigenvalue weighted by molar-refractivity contribution is 6.04. The lowest BCUT2D eigenvalue weighted by Crippen LogP contribution is -2.23. The van der Waals surface area contributed by atoms with Crippen molar-refractivity contribution in [2.45, 2.75) is 52.3 Å². The molecular weight excluding hydrogens is 556 g/mol. The summed E-state index contributed by atoms with van der Waals surface area (Å²) in [5.74, 6) is -0.165. The Morgan fingerprint density at radius 2 is 1.82 bits per heavy atom. The minimum Gasteiger partial charge on any atom is -0.493 e. The van der Waals surface area contributed by atoms with Crippen LogP contribution in [0.1, 0.15) is 53.6 Å². The van der Waals surface area contributed by atoms with Crippen molar-refractivity contribution in [3.8, 4) is 16.9 Å². The van der Waals surface area contributed by atoms with E-state index in [9.17, 15) is 14.7 Å². The van der Waals surface area contributed by atoms with E-state index in [2.05, 4.69) is 18.2 Å². The predicted molar refractivity (Wildman–Crippen MR) is 170 cm³/mol. The van der Waals surface area contributed by atoms with Crippen molar-refractivity contribution in [2.24, 2.45) is 7.05 Å². The molecule has 9 nitrogen and oxygen atoms in total. The number of aryl methyl sites for hydroxylation is 3. The van der Waals surface area contributed by atoms with Crippen LogP contribution in [0.5, 0.6) is 5.75 Å². The van der Waals surface area contributed by atoms with Crippen molar-refractivity contribution in [1.29, 1.82) is 0 Å². The molecule has 0 unspecified atom stereocenters. The molecule has 228 valence electrons.